The number of Topliss-reactive ketones (excluding diaryl/α,β-unsaturated/α-hetero) is 2. The zero-order valence-electron chi connectivity index (χ0n) is 19.5. The second-order valence-corrected chi connectivity index (χ2v) is 9.80. The Hall–Kier alpha value is -3.21. The van der Waals surface area contributed by atoms with E-state index in [-0.39, 0.29) is 29.7 Å². The Kier molecular flexibility index (Phi) is 5.58. The third-order valence-electron chi connectivity index (χ3n) is 7.19. The first-order chi connectivity index (χ1) is 15.8. The predicted molar refractivity (Wildman–Crippen MR) is 122 cm³/mol. The van der Waals surface area contributed by atoms with Gasteiger partial charge < -0.3 is 31.1 Å². The highest BCUT2D eigenvalue weighted by molar-refractivity contribution is 6.24. The molecule has 3 aliphatic rings. The number of amides is 1. The van der Waals surface area contributed by atoms with Crippen LogP contribution in [0.3, 0.4) is 0 Å². The maximum atomic E-state index is 13.7. The third-order valence-corrected chi connectivity index (χ3v) is 7.19. The molecule has 1 unspecified atom stereocenters. The van der Waals surface area contributed by atoms with Crippen LogP contribution in [0.25, 0.3) is 5.76 Å². The number of nitrogens with zero attached hydrogens (tertiary/aromatic N) is 2. The van der Waals surface area contributed by atoms with Crippen molar-refractivity contribution in [2.24, 2.45) is 17.6 Å². The van der Waals surface area contributed by atoms with Crippen LogP contribution in [0.2, 0.25) is 0 Å². The van der Waals surface area contributed by atoms with Gasteiger partial charge in [0.15, 0.2) is 11.4 Å². The zero-order chi connectivity index (χ0) is 25.3. The minimum Gasteiger partial charge on any atom is -0.508 e. The maximum Gasteiger partial charge on any atom is 0.255 e. The van der Waals surface area contributed by atoms with Gasteiger partial charge in [-0.3, -0.25) is 19.3 Å². The van der Waals surface area contributed by atoms with Crippen molar-refractivity contribution in [2.45, 2.75) is 31.0 Å². The Morgan fingerprint density at radius 2 is 1.79 bits per heavy atom. The molecule has 4 atom stereocenters. The average Bonchev–Trinajstić information content (AvgIpc) is 2.72. The molecule has 1 saturated carbocycles. The second kappa shape index (κ2) is 7.93. The fraction of sp³-hybridized carbons (Fsp3) is 0.458. The number of phenols is 1. The number of hydrogen-bond acceptors (Lipinski definition) is 9. The number of hydrogen-bond donors (Lipinski definition) is 5. The first-order valence-electron chi connectivity index (χ1n) is 11.0. The van der Waals surface area contributed by atoms with Crippen molar-refractivity contribution in [1.82, 2.24) is 9.80 Å². The summed E-state index contributed by atoms with van der Waals surface area (Å²) >= 11 is 0. The molecule has 1 aromatic rings. The predicted octanol–water partition coefficient (Wildman–Crippen LogP) is 0.0256. The average molecular weight is 472 g/mol. The van der Waals surface area contributed by atoms with Gasteiger partial charge in [0.25, 0.3) is 5.91 Å². The summed E-state index contributed by atoms with van der Waals surface area (Å²) < 4.78 is 0. The number of nitrogens with two attached hydrogens (primary N) is 1. The molecule has 1 amide bonds. The summed E-state index contributed by atoms with van der Waals surface area (Å²) in [4.78, 5) is 42.2. The Morgan fingerprint density at radius 1 is 1.15 bits per heavy atom. The number of phenolic OH excluding ortho intramolecular Hbond substituents is 1. The van der Waals surface area contributed by atoms with E-state index in [1.807, 2.05) is 19.0 Å². The van der Waals surface area contributed by atoms with Crippen molar-refractivity contribution in [2.75, 3.05) is 28.2 Å². The maximum absolute atomic E-state index is 13.7. The lowest BCUT2D eigenvalue weighted by Gasteiger charge is -2.50. The minimum atomic E-state index is -2.62. The van der Waals surface area contributed by atoms with Gasteiger partial charge in [-0.1, -0.05) is 6.07 Å². The molecule has 0 radical (unpaired) electrons. The van der Waals surface area contributed by atoms with Gasteiger partial charge >= 0.3 is 0 Å². The quantitative estimate of drug-likeness (QED) is 0.381. The summed E-state index contributed by atoms with van der Waals surface area (Å²) in [6.07, 6.45) is 0.356. The van der Waals surface area contributed by atoms with E-state index in [0.717, 1.165) is 5.56 Å². The normalized spacial score (nSPS) is 28.9. The molecule has 34 heavy (non-hydrogen) atoms. The molecule has 0 bridgehead atoms. The summed E-state index contributed by atoms with van der Waals surface area (Å²) in [5, 5.41) is 44.1. The van der Waals surface area contributed by atoms with Crippen molar-refractivity contribution >= 4 is 23.2 Å². The number of aromatic hydroxyl groups is 1. The number of rotatable bonds is 4. The summed E-state index contributed by atoms with van der Waals surface area (Å²) in [5.74, 6) is -6.48. The fourth-order valence-corrected chi connectivity index (χ4v) is 5.80. The highest BCUT2D eigenvalue weighted by Crippen LogP contribution is 2.52. The second-order valence-electron chi connectivity index (χ2n) is 9.80. The third kappa shape index (κ3) is 3.17. The molecule has 182 valence electrons. The number of benzene rings is 1. The number of fused-ring (bicyclic) bond motifs is 3. The van der Waals surface area contributed by atoms with Crippen LogP contribution in [-0.4, -0.2) is 87.5 Å². The SMILES string of the molecule is CN(C)Cc1ccc(O)c2c1C[C@H]1C[C@H]3C(N(C)C)C(=O)C(C(N)=O)=C(O)[C@@]3(O)C(=O)C1=C2O. The van der Waals surface area contributed by atoms with Crippen LogP contribution in [-0.2, 0) is 27.3 Å². The van der Waals surface area contributed by atoms with Crippen LogP contribution in [0.1, 0.15) is 23.1 Å². The molecule has 3 aliphatic carbocycles. The van der Waals surface area contributed by atoms with E-state index in [4.69, 9.17) is 5.73 Å². The Balaban J connectivity index is 1.96. The van der Waals surface area contributed by atoms with Crippen LogP contribution in [0.4, 0.5) is 0 Å². The van der Waals surface area contributed by atoms with Crippen LogP contribution >= 0.6 is 0 Å². The molecule has 0 spiro atoms. The number of aliphatic hydroxyl groups is 3. The minimum absolute atomic E-state index is 0.0722. The summed E-state index contributed by atoms with van der Waals surface area (Å²) in [6, 6.07) is 2.10. The summed E-state index contributed by atoms with van der Waals surface area (Å²) in [5.41, 5.74) is 3.37. The molecule has 0 aliphatic heterocycles. The van der Waals surface area contributed by atoms with Gasteiger partial charge in [-0.15, -0.1) is 0 Å². The van der Waals surface area contributed by atoms with Crippen molar-refractivity contribution < 1.29 is 34.8 Å². The number of likely N-dealkylation sites (N-methyl/N-ethyl adjacent to an activating group) is 1. The molecular formula is C24H29N3O7. The van der Waals surface area contributed by atoms with Crippen molar-refractivity contribution in [3.05, 3.63) is 45.7 Å². The summed E-state index contributed by atoms with van der Waals surface area (Å²) in [7, 11) is 6.91. The molecular weight excluding hydrogens is 442 g/mol. The van der Waals surface area contributed by atoms with Crippen molar-refractivity contribution in [1.29, 1.82) is 0 Å². The van der Waals surface area contributed by atoms with Gasteiger partial charge in [0.1, 0.15) is 22.8 Å². The van der Waals surface area contributed by atoms with Gasteiger partial charge in [0.05, 0.1) is 11.6 Å². The van der Waals surface area contributed by atoms with E-state index in [1.165, 1.54) is 11.0 Å². The van der Waals surface area contributed by atoms with Gasteiger partial charge in [0.2, 0.25) is 5.78 Å². The standard InChI is InChI=1S/C24H29N3O7/c1-26(2)9-10-5-6-14(28)16-12(10)7-11-8-13-18(27(3)4)20(30)17(23(25)33)22(32)24(13,34)21(31)15(11)19(16)29/h5-6,11,13,18,28-29,32,34H,7-9H2,1-4H3,(H2,25,33)/t11-,13-,18?,24-/m0/s1. The van der Waals surface area contributed by atoms with Gasteiger partial charge in [-0.05, 0) is 64.1 Å². The van der Waals surface area contributed by atoms with E-state index in [0.29, 0.717) is 12.1 Å². The molecule has 4 rings (SSSR count). The van der Waals surface area contributed by atoms with Crippen LogP contribution in [0.5, 0.6) is 5.75 Å². The topological polar surface area (TPSA) is 165 Å². The van der Waals surface area contributed by atoms with E-state index < -0.39 is 58.0 Å². The first-order valence-corrected chi connectivity index (χ1v) is 11.0. The lowest BCUT2D eigenvalue weighted by molar-refractivity contribution is -0.153. The Morgan fingerprint density at radius 3 is 2.35 bits per heavy atom. The van der Waals surface area contributed by atoms with Gasteiger partial charge in [0, 0.05) is 18.0 Å². The number of carbonyl (C=O) groups excluding carboxylic acids is 3. The molecule has 0 aromatic heterocycles. The Bertz CT molecular complexity index is 1180. The van der Waals surface area contributed by atoms with Crippen molar-refractivity contribution in [3.8, 4) is 5.75 Å². The molecule has 10 heteroatoms. The molecule has 6 N–H and O–H groups in total. The largest absolute Gasteiger partial charge is 0.508 e. The lowest BCUT2D eigenvalue weighted by atomic mass is 9.57. The zero-order valence-corrected chi connectivity index (χ0v) is 19.5. The fourth-order valence-electron chi connectivity index (χ4n) is 5.80. The molecule has 0 heterocycles. The van der Waals surface area contributed by atoms with E-state index in [2.05, 4.69) is 0 Å². The van der Waals surface area contributed by atoms with Crippen LogP contribution in [0.15, 0.2) is 29.0 Å². The van der Waals surface area contributed by atoms with Gasteiger partial charge in [-0.2, -0.15) is 0 Å². The van der Waals surface area contributed by atoms with Crippen LogP contribution in [0, 0.1) is 11.8 Å². The molecule has 1 fully saturated rings. The van der Waals surface area contributed by atoms with E-state index in [9.17, 15) is 34.8 Å². The van der Waals surface area contributed by atoms with Gasteiger partial charge in [-0.25, -0.2) is 0 Å². The van der Waals surface area contributed by atoms with Crippen molar-refractivity contribution in [3.63, 3.8) is 0 Å². The Labute approximate surface area is 196 Å². The highest BCUT2D eigenvalue weighted by Gasteiger charge is 2.64. The monoisotopic (exact) mass is 471 g/mol. The highest BCUT2D eigenvalue weighted by atomic mass is 16.3. The first kappa shape index (κ1) is 23.9. The van der Waals surface area contributed by atoms with Crippen LogP contribution < -0.4 is 5.73 Å². The number of carbonyl (C=O) groups is 3. The van der Waals surface area contributed by atoms with E-state index >= 15 is 0 Å². The summed E-state index contributed by atoms with van der Waals surface area (Å²) in [6.45, 7) is 0.531. The smallest absolute Gasteiger partial charge is 0.255 e. The number of primary amides is 1. The molecule has 0 saturated heterocycles. The number of aliphatic hydroxyl groups excluding tert-OH is 2. The van der Waals surface area contributed by atoms with E-state index in [1.54, 1.807) is 20.2 Å². The lowest BCUT2D eigenvalue weighted by Crippen LogP contribution is -2.65. The number of ketones is 2. The molecule has 10 nitrogen and oxygen atoms in total. The molecule has 1 aromatic carbocycles.